The maximum Gasteiger partial charge on any atom is 0.228 e. The highest BCUT2D eigenvalue weighted by Crippen LogP contribution is 2.21. The van der Waals surface area contributed by atoms with Gasteiger partial charge in [-0.1, -0.05) is 17.3 Å². The van der Waals surface area contributed by atoms with Crippen LogP contribution in [0.4, 0.5) is 11.4 Å². The van der Waals surface area contributed by atoms with Crippen LogP contribution in [0.5, 0.6) is 0 Å². The minimum absolute atomic E-state index is 0.640. The molecule has 1 heterocycles. The van der Waals surface area contributed by atoms with E-state index < -0.39 is 0 Å². The van der Waals surface area contributed by atoms with Crippen LogP contribution >= 0.6 is 0 Å². The minimum atomic E-state index is 0.640. The van der Waals surface area contributed by atoms with Gasteiger partial charge in [-0.3, -0.25) is 0 Å². The van der Waals surface area contributed by atoms with Crippen molar-refractivity contribution in [2.45, 2.75) is 20.3 Å². The molecule has 17 heavy (non-hydrogen) atoms. The van der Waals surface area contributed by atoms with E-state index in [9.17, 15) is 0 Å². The lowest BCUT2D eigenvalue weighted by molar-refractivity contribution is 0.377. The molecule has 0 fully saturated rings. The van der Waals surface area contributed by atoms with Gasteiger partial charge in [0.2, 0.25) is 5.89 Å². The second kappa shape index (κ2) is 4.86. The normalized spacial score (nSPS) is 10.5. The van der Waals surface area contributed by atoms with E-state index in [0.29, 0.717) is 18.1 Å². The van der Waals surface area contributed by atoms with Crippen molar-refractivity contribution in [1.29, 1.82) is 0 Å². The SMILES string of the molecule is Cc1noc(CCNc2cccc(C)c2N)n1. The molecule has 0 saturated heterocycles. The monoisotopic (exact) mass is 232 g/mol. The molecule has 0 aliphatic rings. The Hall–Kier alpha value is -2.04. The Balaban J connectivity index is 1.92. The molecule has 1 aromatic carbocycles. The second-order valence-corrected chi connectivity index (χ2v) is 3.95. The van der Waals surface area contributed by atoms with Gasteiger partial charge in [0.1, 0.15) is 0 Å². The molecule has 0 aliphatic heterocycles. The van der Waals surface area contributed by atoms with Crippen molar-refractivity contribution >= 4 is 11.4 Å². The molecule has 0 unspecified atom stereocenters. The van der Waals surface area contributed by atoms with Crippen molar-refractivity contribution in [3.8, 4) is 0 Å². The Labute approximate surface area is 100 Å². The number of hydrogen-bond donors (Lipinski definition) is 2. The first kappa shape index (κ1) is 11.4. The topological polar surface area (TPSA) is 77.0 Å². The maximum absolute atomic E-state index is 5.95. The van der Waals surface area contributed by atoms with E-state index in [4.69, 9.17) is 10.3 Å². The lowest BCUT2D eigenvalue weighted by atomic mass is 10.1. The average Bonchev–Trinajstić information content (AvgIpc) is 2.70. The minimum Gasteiger partial charge on any atom is -0.397 e. The number of aryl methyl sites for hydroxylation is 2. The fourth-order valence-corrected chi connectivity index (χ4v) is 1.58. The van der Waals surface area contributed by atoms with E-state index in [0.717, 1.165) is 23.5 Å². The van der Waals surface area contributed by atoms with Gasteiger partial charge in [-0.25, -0.2) is 0 Å². The summed E-state index contributed by atoms with van der Waals surface area (Å²) in [7, 11) is 0. The highest BCUT2D eigenvalue weighted by molar-refractivity contribution is 5.69. The summed E-state index contributed by atoms with van der Waals surface area (Å²) in [5, 5.41) is 6.99. The molecule has 0 amide bonds. The molecule has 2 aromatic rings. The molecule has 0 bridgehead atoms. The molecule has 0 radical (unpaired) electrons. The molecule has 5 nitrogen and oxygen atoms in total. The standard InChI is InChI=1S/C12H16N4O/c1-8-4-3-5-10(12(8)13)14-7-6-11-15-9(2)16-17-11/h3-5,14H,6-7,13H2,1-2H3. The molecule has 90 valence electrons. The third-order valence-electron chi connectivity index (χ3n) is 2.55. The molecule has 0 aliphatic carbocycles. The van der Waals surface area contributed by atoms with Gasteiger partial charge in [-0.15, -0.1) is 0 Å². The first-order valence-electron chi connectivity index (χ1n) is 5.55. The zero-order chi connectivity index (χ0) is 12.3. The summed E-state index contributed by atoms with van der Waals surface area (Å²) in [6.07, 6.45) is 0.689. The quantitative estimate of drug-likeness (QED) is 0.787. The fourth-order valence-electron chi connectivity index (χ4n) is 1.58. The van der Waals surface area contributed by atoms with Gasteiger partial charge in [-0.05, 0) is 25.5 Å². The van der Waals surface area contributed by atoms with Crippen molar-refractivity contribution in [2.24, 2.45) is 0 Å². The van der Waals surface area contributed by atoms with Crippen molar-refractivity contribution in [1.82, 2.24) is 10.1 Å². The van der Waals surface area contributed by atoms with Gasteiger partial charge < -0.3 is 15.6 Å². The number of aromatic nitrogens is 2. The third-order valence-corrected chi connectivity index (χ3v) is 2.55. The Bertz CT molecular complexity index is 507. The van der Waals surface area contributed by atoms with Gasteiger partial charge in [0, 0.05) is 13.0 Å². The van der Waals surface area contributed by atoms with Crippen molar-refractivity contribution in [3.63, 3.8) is 0 Å². The lowest BCUT2D eigenvalue weighted by Gasteiger charge is -2.09. The van der Waals surface area contributed by atoms with Gasteiger partial charge in [0.25, 0.3) is 0 Å². The molecule has 0 saturated carbocycles. The second-order valence-electron chi connectivity index (χ2n) is 3.95. The van der Waals surface area contributed by atoms with Gasteiger partial charge >= 0.3 is 0 Å². The summed E-state index contributed by atoms with van der Waals surface area (Å²) in [4.78, 5) is 4.13. The van der Waals surface area contributed by atoms with Crippen molar-refractivity contribution in [2.75, 3.05) is 17.6 Å². The fraction of sp³-hybridized carbons (Fsp3) is 0.333. The molecule has 0 atom stereocenters. The molecule has 3 N–H and O–H groups in total. The number of rotatable bonds is 4. The van der Waals surface area contributed by atoms with Crippen LogP contribution in [0.3, 0.4) is 0 Å². The van der Waals surface area contributed by atoms with Gasteiger partial charge in [0.15, 0.2) is 5.82 Å². The van der Waals surface area contributed by atoms with E-state index in [2.05, 4.69) is 15.5 Å². The smallest absolute Gasteiger partial charge is 0.228 e. The van der Waals surface area contributed by atoms with Crippen LogP contribution in [-0.4, -0.2) is 16.7 Å². The number of anilines is 2. The first-order chi connectivity index (χ1) is 8.16. The van der Waals surface area contributed by atoms with E-state index >= 15 is 0 Å². The van der Waals surface area contributed by atoms with Crippen LogP contribution in [0.1, 0.15) is 17.3 Å². The van der Waals surface area contributed by atoms with E-state index in [1.807, 2.05) is 25.1 Å². The number of para-hydroxylation sites is 1. The van der Waals surface area contributed by atoms with E-state index in [1.54, 1.807) is 6.92 Å². The van der Waals surface area contributed by atoms with Crippen LogP contribution in [0.25, 0.3) is 0 Å². The number of nitrogen functional groups attached to an aromatic ring is 1. The summed E-state index contributed by atoms with van der Waals surface area (Å²) in [6.45, 7) is 4.51. The number of nitrogens with one attached hydrogen (secondary N) is 1. The Kier molecular flexibility index (Phi) is 3.27. The molecule has 2 rings (SSSR count). The summed E-state index contributed by atoms with van der Waals surface area (Å²) in [6, 6.07) is 5.92. The largest absolute Gasteiger partial charge is 0.397 e. The molecular formula is C12H16N4O. The van der Waals surface area contributed by atoms with Crippen molar-refractivity contribution in [3.05, 3.63) is 35.5 Å². The Morgan fingerprint density at radius 1 is 1.35 bits per heavy atom. The first-order valence-corrected chi connectivity index (χ1v) is 5.55. The molecule has 5 heteroatoms. The Morgan fingerprint density at radius 3 is 2.88 bits per heavy atom. The average molecular weight is 232 g/mol. The third kappa shape index (κ3) is 2.75. The highest BCUT2D eigenvalue weighted by atomic mass is 16.5. The van der Waals surface area contributed by atoms with E-state index in [1.165, 1.54) is 0 Å². The number of nitrogens with zero attached hydrogens (tertiary/aromatic N) is 2. The van der Waals surface area contributed by atoms with Gasteiger partial charge in [-0.2, -0.15) is 4.98 Å². The zero-order valence-corrected chi connectivity index (χ0v) is 10.0. The van der Waals surface area contributed by atoms with Crippen LogP contribution < -0.4 is 11.1 Å². The van der Waals surface area contributed by atoms with Crippen LogP contribution in [0.2, 0.25) is 0 Å². The number of nitrogens with two attached hydrogens (primary N) is 1. The molecule has 1 aromatic heterocycles. The molecular weight excluding hydrogens is 216 g/mol. The predicted octanol–water partition coefficient (Wildman–Crippen LogP) is 1.92. The maximum atomic E-state index is 5.95. The van der Waals surface area contributed by atoms with E-state index in [-0.39, 0.29) is 0 Å². The lowest BCUT2D eigenvalue weighted by Crippen LogP contribution is -2.07. The number of benzene rings is 1. The van der Waals surface area contributed by atoms with Crippen molar-refractivity contribution < 1.29 is 4.52 Å². The summed E-state index contributed by atoms with van der Waals surface area (Å²) in [5.74, 6) is 1.30. The van der Waals surface area contributed by atoms with Crippen LogP contribution in [0, 0.1) is 13.8 Å². The number of hydrogen-bond acceptors (Lipinski definition) is 5. The molecule has 0 spiro atoms. The van der Waals surface area contributed by atoms with Crippen LogP contribution in [0.15, 0.2) is 22.7 Å². The Morgan fingerprint density at radius 2 is 2.18 bits per heavy atom. The summed E-state index contributed by atoms with van der Waals surface area (Å²) in [5.41, 5.74) is 8.76. The highest BCUT2D eigenvalue weighted by Gasteiger charge is 2.04. The predicted molar refractivity (Wildman–Crippen MR) is 66.8 cm³/mol. The van der Waals surface area contributed by atoms with Crippen LogP contribution in [-0.2, 0) is 6.42 Å². The zero-order valence-electron chi connectivity index (χ0n) is 10.0. The summed E-state index contributed by atoms with van der Waals surface area (Å²) < 4.78 is 5.02. The van der Waals surface area contributed by atoms with Gasteiger partial charge in [0.05, 0.1) is 11.4 Å². The summed E-state index contributed by atoms with van der Waals surface area (Å²) >= 11 is 0.